The minimum Gasteiger partial charge on any atom is -0.493 e. The van der Waals surface area contributed by atoms with Gasteiger partial charge in [0.05, 0.1) is 20.1 Å². The van der Waals surface area contributed by atoms with Crippen LogP contribution in [0.15, 0.2) is 84.9 Å². The molecule has 0 radical (unpaired) electrons. The maximum Gasteiger partial charge on any atom is 0.309 e. The van der Waals surface area contributed by atoms with Gasteiger partial charge in [0, 0.05) is 24.9 Å². The molecule has 0 spiro atoms. The molecule has 0 unspecified atom stereocenters. The lowest BCUT2D eigenvalue weighted by atomic mass is 9.91. The van der Waals surface area contributed by atoms with Crippen molar-refractivity contribution in [3.8, 4) is 5.75 Å². The number of hydrogen-bond donors (Lipinski definition) is 1. The zero-order valence-electron chi connectivity index (χ0n) is 18.3. The van der Waals surface area contributed by atoms with Crippen LogP contribution in [0.3, 0.4) is 0 Å². The van der Waals surface area contributed by atoms with Crippen molar-refractivity contribution in [3.63, 3.8) is 0 Å². The van der Waals surface area contributed by atoms with E-state index in [1.807, 2.05) is 24.3 Å². The van der Waals surface area contributed by atoms with Gasteiger partial charge in [-0.2, -0.15) is 0 Å². The molecule has 3 rings (SSSR count). The molecule has 0 aliphatic carbocycles. The first-order valence-electron chi connectivity index (χ1n) is 10.7. The minimum absolute atomic E-state index is 0.249. The van der Waals surface area contributed by atoms with Gasteiger partial charge < -0.3 is 14.8 Å². The van der Waals surface area contributed by atoms with Crippen LogP contribution in [0.2, 0.25) is 0 Å². The average Bonchev–Trinajstić information content (AvgIpc) is 2.82. The van der Waals surface area contributed by atoms with Crippen molar-refractivity contribution in [2.45, 2.75) is 19.3 Å². The molecule has 0 heterocycles. The molecule has 162 valence electrons. The lowest BCUT2D eigenvalue weighted by Gasteiger charge is -2.21. The van der Waals surface area contributed by atoms with Gasteiger partial charge in [-0.3, -0.25) is 4.79 Å². The fraction of sp³-hybridized carbons (Fsp3) is 0.296. The van der Waals surface area contributed by atoms with E-state index in [2.05, 4.69) is 72.9 Å². The molecule has 0 saturated heterocycles. The van der Waals surface area contributed by atoms with E-state index in [9.17, 15) is 4.79 Å². The smallest absolute Gasteiger partial charge is 0.309 e. The van der Waals surface area contributed by atoms with Crippen molar-refractivity contribution in [1.82, 2.24) is 5.32 Å². The standard InChI is InChI=1S/C27H31NO3/c1-21(20-31-25-15-9-10-22(16-25)17-27(29)30-2)18-28-19-26(23-11-5-3-6-12-23)24-13-7-4-8-14-24/h3-16,21,26,28H,17-20H2,1-2H3/t21-/m1/s1. The number of nitrogens with one attached hydrogen (secondary N) is 1. The summed E-state index contributed by atoms with van der Waals surface area (Å²) in [4.78, 5) is 11.5. The summed E-state index contributed by atoms with van der Waals surface area (Å²) in [6, 6.07) is 28.9. The summed E-state index contributed by atoms with van der Waals surface area (Å²) >= 11 is 0. The van der Waals surface area contributed by atoms with Crippen LogP contribution in [0.5, 0.6) is 5.75 Å². The summed E-state index contributed by atoms with van der Waals surface area (Å²) in [5, 5.41) is 3.62. The Bertz CT molecular complexity index is 888. The SMILES string of the molecule is COC(=O)Cc1cccc(OC[C@H](C)CNCC(c2ccccc2)c2ccccc2)c1. The van der Waals surface area contributed by atoms with Crippen molar-refractivity contribution >= 4 is 5.97 Å². The first-order chi connectivity index (χ1) is 15.2. The van der Waals surface area contributed by atoms with Crippen LogP contribution in [0.1, 0.15) is 29.5 Å². The highest BCUT2D eigenvalue weighted by Gasteiger charge is 2.14. The quantitative estimate of drug-likeness (QED) is 0.454. The second-order valence-corrected chi connectivity index (χ2v) is 7.85. The largest absolute Gasteiger partial charge is 0.493 e. The van der Waals surface area contributed by atoms with Gasteiger partial charge in [0.2, 0.25) is 0 Å². The number of carbonyl (C=O) groups excluding carboxylic acids is 1. The monoisotopic (exact) mass is 417 g/mol. The number of ether oxygens (including phenoxy) is 2. The molecule has 0 amide bonds. The van der Waals surface area contributed by atoms with E-state index in [0.29, 0.717) is 18.4 Å². The average molecular weight is 418 g/mol. The molecule has 0 bridgehead atoms. The van der Waals surface area contributed by atoms with Crippen LogP contribution >= 0.6 is 0 Å². The number of carbonyl (C=O) groups is 1. The lowest BCUT2D eigenvalue weighted by Crippen LogP contribution is -2.29. The van der Waals surface area contributed by atoms with Crippen molar-refractivity contribution in [3.05, 3.63) is 102 Å². The first-order valence-corrected chi connectivity index (χ1v) is 10.7. The Morgan fingerprint density at radius 2 is 1.52 bits per heavy atom. The number of esters is 1. The van der Waals surface area contributed by atoms with Crippen LogP contribution in [-0.4, -0.2) is 32.8 Å². The Morgan fingerprint density at radius 1 is 0.871 bits per heavy atom. The third kappa shape index (κ3) is 7.26. The Balaban J connectivity index is 1.50. The van der Waals surface area contributed by atoms with E-state index in [1.54, 1.807) is 0 Å². The van der Waals surface area contributed by atoms with Crippen molar-refractivity contribution in [2.24, 2.45) is 5.92 Å². The van der Waals surface area contributed by atoms with Crippen molar-refractivity contribution < 1.29 is 14.3 Å². The van der Waals surface area contributed by atoms with Gasteiger partial charge in [-0.1, -0.05) is 79.7 Å². The van der Waals surface area contributed by atoms with Gasteiger partial charge in [-0.25, -0.2) is 0 Å². The number of methoxy groups -OCH3 is 1. The minimum atomic E-state index is -0.249. The molecule has 0 aromatic heterocycles. The zero-order valence-corrected chi connectivity index (χ0v) is 18.3. The van der Waals surface area contributed by atoms with E-state index in [4.69, 9.17) is 9.47 Å². The fourth-order valence-corrected chi connectivity index (χ4v) is 3.55. The summed E-state index contributed by atoms with van der Waals surface area (Å²) in [6.07, 6.45) is 0.255. The van der Waals surface area contributed by atoms with Crippen molar-refractivity contribution in [2.75, 3.05) is 26.8 Å². The van der Waals surface area contributed by atoms with Gasteiger partial charge in [0.25, 0.3) is 0 Å². The fourth-order valence-electron chi connectivity index (χ4n) is 3.55. The Morgan fingerprint density at radius 3 is 2.13 bits per heavy atom. The molecule has 4 nitrogen and oxygen atoms in total. The van der Waals surface area contributed by atoms with Crippen molar-refractivity contribution in [1.29, 1.82) is 0 Å². The van der Waals surface area contributed by atoms with Crippen LogP contribution in [0.25, 0.3) is 0 Å². The molecular weight excluding hydrogens is 386 g/mol. The third-order valence-electron chi connectivity index (χ3n) is 5.25. The molecule has 1 N–H and O–H groups in total. The predicted molar refractivity (Wildman–Crippen MR) is 124 cm³/mol. The summed E-state index contributed by atoms with van der Waals surface area (Å²) < 4.78 is 10.7. The predicted octanol–water partition coefficient (Wildman–Crippen LogP) is 4.84. The molecule has 31 heavy (non-hydrogen) atoms. The Labute approximate surface area is 185 Å². The zero-order chi connectivity index (χ0) is 21.9. The summed E-state index contributed by atoms with van der Waals surface area (Å²) in [5.41, 5.74) is 3.52. The topological polar surface area (TPSA) is 47.6 Å². The molecule has 3 aromatic rings. The second-order valence-electron chi connectivity index (χ2n) is 7.85. The van der Waals surface area contributed by atoms with E-state index in [-0.39, 0.29) is 12.4 Å². The number of rotatable bonds is 11. The van der Waals surface area contributed by atoms with Crippen LogP contribution in [-0.2, 0) is 16.0 Å². The third-order valence-corrected chi connectivity index (χ3v) is 5.25. The molecule has 1 atom stereocenters. The normalized spacial score (nSPS) is 11.8. The molecule has 0 saturated carbocycles. The Kier molecular flexibility index (Phi) is 8.68. The highest BCUT2D eigenvalue weighted by Crippen LogP contribution is 2.23. The maximum absolute atomic E-state index is 11.5. The van der Waals surface area contributed by atoms with Crippen LogP contribution < -0.4 is 10.1 Å². The van der Waals surface area contributed by atoms with Crippen LogP contribution in [0, 0.1) is 5.92 Å². The van der Waals surface area contributed by atoms with Gasteiger partial charge >= 0.3 is 5.97 Å². The highest BCUT2D eigenvalue weighted by molar-refractivity contribution is 5.72. The number of hydrogen-bond acceptors (Lipinski definition) is 4. The lowest BCUT2D eigenvalue weighted by molar-refractivity contribution is -0.139. The molecule has 3 aromatic carbocycles. The molecule has 4 heteroatoms. The van der Waals surface area contributed by atoms with E-state index in [0.717, 1.165) is 24.4 Å². The van der Waals surface area contributed by atoms with Crippen LogP contribution in [0.4, 0.5) is 0 Å². The number of benzene rings is 3. The van der Waals surface area contributed by atoms with E-state index >= 15 is 0 Å². The highest BCUT2D eigenvalue weighted by atomic mass is 16.5. The summed E-state index contributed by atoms with van der Waals surface area (Å²) in [7, 11) is 1.40. The van der Waals surface area contributed by atoms with Gasteiger partial charge in [0.15, 0.2) is 0 Å². The maximum atomic E-state index is 11.5. The molecular formula is C27H31NO3. The molecule has 0 fully saturated rings. The van der Waals surface area contributed by atoms with E-state index in [1.165, 1.54) is 18.2 Å². The summed E-state index contributed by atoms with van der Waals surface area (Å²) in [6.45, 7) is 4.51. The van der Waals surface area contributed by atoms with E-state index < -0.39 is 0 Å². The first kappa shape index (κ1) is 22.6. The van der Waals surface area contributed by atoms with Gasteiger partial charge in [-0.05, 0) is 28.8 Å². The van der Waals surface area contributed by atoms with Gasteiger partial charge in [0.1, 0.15) is 5.75 Å². The molecule has 0 aliphatic rings. The van der Waals surface area contributed by atoms with Gasteiger partial charge in [-0.15, -0.1) is 0 Å². The molecule has 0 aliphatic heterocycles. The Hall–Kier alpha value is -3.11. The second kappa shape index (κ2) is 11.9. The summed E-state index contributed by atoms with van der Waals surface area (Å²) in [5.74, 6) is 1.18.